The molecular formula is C13H17NOS. The summed E-state index contributed by atoms with van der Waals surface area (Å²) in [5, 5.41) is 17.7. The molecule has 0 heterocycles. The van der Waals surface area contributed by atoms with Crippen molar-refractivity contribution in [1.82, 2.24) is 0 Å². The van der Waals surface area contributed by atoms with Crippen molar-refractivity contribution in [3.63, 3.8) is 0 Å². The Morgan fingerprint density at radius 3 is 2.81 bits per heavy atom. The second kappa shape index (κ2) is 6.57. The lowest BCUT2D eigenvalue weighted by atomic mass is 10.1. The number of benzene rings is 1. The van der Waals surface area contributed by atoms with Crippen LogP contribution < -0.4 is 0 Å². The highest BCUT2D eigenvalue weighted by Crippen LogP contribution is 2.19. The first-order chi connectivity index (χ1) is 7.67. The van der Waals surface area contributed by atoms with E-state index in [4.69, 9.17) is 10.4 Å². The molecule has 0 aliphatic rings. The van der Waals surface area contributed by atoms with Gasteiger partial charge in [-0.3, -0.25) is 0 Å². The van der Waals surface area contributed by atoms with E-state index in [1.165, 1.54) is 11.1 Å². The summed E-state index contributed by atoms with van der Waals surface area (Å²) in [6.07, 6.45) is 0. The number of aliphatic hydroxyl groups excluding tert-OH is 1. The summed E-state index contributed by atoms with van der Waals surface area (Å²) < 4.78 is 0. The summed E-state index contributed by atoms with van der Waals surface area (Å²) in [5.74, 6) is 2.27. The Kier molecular flexibility index (Phi) is 5.37. The maximum absolute atomic E-state index is 8.91. The highest BCUT2D eigenvalue weighted by Gasteiger charge is 2.03. The largest absolute Gasteiger partial charge is 0.396 e. The van der Waals surface area contributed by atoms with Crippen molar-refractivity contribution in [2.45, 2.75) is 19.6 Å². The van der Waals surface area contributed by atoms with Crippen molar-refractivity contribution in [2.75, 3.05) is 12.4 Å². The fraction of sp³-hybridized carbons (Fsp3) is 0.462. The van der Waals surface area contributed by atoms with Crippen LogP contribution in [-0.2, 0) is 5.75 Å². The number of thioether (sulfide) groups is 1. The minimum Gasteiger partial charge on any atom is -0.396 e. The molecule has 16 heavy (non-hydrogen) atoms. The zero-order chi connectivity index (χ0) is 12.0. The third-order valence-corrected chi connectivity index (χ3v) is 3.76. The van der Waals surface area contributed by atoms with Gasteiger partial charge in [-0.15, -0.1) is 0 Å². The van der Waals surface area contributed by atoms with Crippen LogP contribution in [0.2, 0.25) is 0 Å². The molecule has 1 aromatic rings. The SMILES string of the molecule is Cc1cc(C#N)ccc1CSCC(C)CO. The van der Waals surface area contributed by atoms with Gasteiger partial charge in [0.15, 0.2) is 0 Å². The molecule has 0 aromatic heterocycles. The van der Waals surface area contributed by atoms with Crippen molar-refractivity contribution in [3.8, 4) is 6.07 Å². The van der Waals surface area contributed by atoms with Gasteiger partial charge < -0.3 is 5.11 Å². The van der Waals surface area contributed by atoms with Crippen molar-refractivity contribution < 1.29 is 5.11 Å². The van der Waals surface area contributed by atoms with E-state index in [1.54, 1.807) is 0 Å². The monoisotopic (exact) mass is 235 g/mol. The summed E-state index contributed by atoms with van der Waals surface area (Å²) in [4.78, 5) is 0. The molecular weight excluding hydrogens is 218 g/mol. The van der Waals surface area contributed by atoms with E-state index in [-0.39, 0.29) is 6.61 Å². The Balaban J connectivity index is 2.52. The van der Waals surface area contributed by atoms with Gasteiger partial charge in [-0.1, -0.05) is 13.0 Å². The van der Waals surface area contributed by atoms with Crippen LogP contribution >= 0.6 is 11.8 Å². The molecule has 0 saturated heterocycles. The second-order valence-electron chi connectivity index (χ2n) is 4.06. The van der Waals surface area contributed by atoms with E-state index < -0.39 is 0 Å². The minimum atomic E-state index is 0.249. The van der Waals surface area contributed by atoms with Gasteiger partial charge in [0.25, 0.3) is 0 Å². The van der Waals surface area contributed by atoms with Crippen LogP contribution in [0.4, 0.5) is 0 Å². The average molecular weight is 235 g/mol. The summed E-state index contributed by atoms with van der Waals surface area (Å²) in [6.45, 7) is 4.32. The molecule has 1 N–H and O–H groups in total. The molecule has 86 valence electrons. The smallest absolute Gasteiger partial charge is 0.0991 e. The van der Waals surface area contributed by atoms with Crippen molar-refractivity contribution in [3.05, 3.63) is 34.9 Å². The van der Waals surface area contributed by atoms with Gasteiger partial charge in [0.05, 0.1) is 11.6 Å². The molecule has 0 aliphatic heterocycles. The van der Waals surface area contributed by atoms with Crippen LogP contribution in [0.5, 0.6) is 0 Å². The van der Waals surface area contributed by atoms with Crippen molar-refractivity contribution >= 4 is 11.8 Å². The lowest BCUT2D eigenvalue weighted by Crippen LogP contribution is -2.03. The van der Waals surface area contributed by atoms with Gasteiger partial charge in [-0.25, -0.2) is 0 Å². The average Bonchev–Trinajstić information content (AvgIpc) is 2.30. The lowest BCUT2D eigenvalue weighted by molar-refractivity contribution is 0.250. The zero-order valence-corrected chi connectivity index (χ0v) is 10.5. The van der Waals surface area contributed by atoms with Gasteiger partial charge in [-0.2, -0.15) is 17.0 Å². The van der Waals surface area contributed by atoms with Crippen LogP contribution in [0.25, 0.3) is 0 Å². The molecule has 2 nitrogen and oxygen atoms in total. The fourth-order valence-corrected chi connectivity index (χ4v) is 2.52. The van der Waals surface area contributed by atoms with Gasteiger partial charge >= 0.3 is 0 Å². The summed E-state index contributed by atoms with van der Waals surface area (Å²) in [5.41, 5.74) is 3.16. The third kappa shape index (κ3) is 3.88. The Morgan fingerprint density at radius 2 is 2.25 bits per heavy atom. The van der Waals surface area contributed by atoms with Crippen LogP contribution in [-0.4, -0.2) is 17.5 Å². The molecule has 0 amide bonds. The van der Waals surface area contributed by atoms with Gasteiger partial charge in [-0.05, 0) is 41.9 Å². The molecule has 1 atom stereocenters. The Morgan fingerprint density at radius 1 is 1.50 bits per heavy atom. The molecule has 1 rings (SSSR count). The van der Waals surface area contributed by atoms with Crippen molar-refractivity contribution in [1.29, 1.82) is 5.26 Å². The predicted molar refractivity (Wildman–Crippen MR) is 68.3 cm³/mol. The molecule has 0 radical (unpaired) electrons. The number of nitriles is 1. The number of aryl methyl sites for hydroxylation is 1. The maximum Gasteiger partial charge on any atom is 0.0991 e. The molecule has 0 aliphatic carbocycles. The van der Waals surface area contributed by atoms with E-state index in [0.717, 1.165) is 17.1 Å². The second-order valence-corrected chi connectivity index (χ2v) is 5.09. The van der Waals surface area contributed by atoms with E-state index in [1.807, 2.05) is 43.8 Å². The predicted octanol–water partition coefficient (Wildman–Crippen LogP) is 2.73. The number of aliphatic hydroxyl groups is 1. The number of rotatable bonds is 5. The molecule has 0 saturated carbocycles. The quantitative estimate of drug-likeness (QED) is 0.853. The van der Waals surface area contributed by atoms with E-state index in [0.29, 0.717) is 5.92 Å². The van der Waals surface area contributed by atoms with E-state index >= 15 is 0 Å². The first-order valence-corrected chi connectivity index (χ1v) is 6.51. The Bertz CT molecular complexity index is 384. The summed E-state index contributed by atoms with van der Waals surface area (Å²) >= 11 is 1.82. The first kappa shape index (κ1) is 13.1. The van der Waals surface area contributed by atoms with Gasteiger partial charge in [0.1, 0.15) is 0 Å². The van der Waals surface area contributed by atoms with E-state index in [2.05, 4.69) is 6.07 Å². The Hall–Kier alpha value is -0.980. The highest BCUT2D eigenvalue weighted by atomic mass is 32.2. The minimum absolute atomic E-state index is 0.249. The van der Waals surface area contributed by atoms with Gasteiger partial charge in [0, 0.05) is 12.4 Å². The topological polar surface area (TPSA) is 44.0 Å². The van der Waals surface area contributed by atoms with Crippen molar-refractivity contribution in [2.24, 2.45) is 5.92 Å². The van der Waals surface area contributed by atoms with Crippen LogP contribution in [0.1, 0.15) is 23.6 Å². The van der Waals surface area contributed by atoms with Crippen LogP contribution in [0, 0.1) is 24.2 Å². The van der Waals surface area contributed by atoms with Crippen LogP contribution in [0.3, 0.4) is 0 Å². The first-order valence-electron chi connectivity index (χ1n) is 5.35. The molecule has 0 bridgehead atoms. The Labute approximate surface area is 101 Å². The van der Waals surface area contributed by atoms with E-state index in [9.17, 15) is 0 Å². The molecule has 1 aromatic carbocycles. The molecule has 0 spiro atoms. The van der Waals surface area contributed by atoms with Gasteiger partial charge in [0.2, 0.25) is 0 Å². The van der Waals surface area contributed by atoms with Crippen LogP contribution in [0.15, 0.2) is 18.2 Å². The number of hydrogen-bond acceptors (Lipinski definition) is 3. The summed E-state index contributed by atoms with van der Waals surface area (Å²) in [6, 6.07) is 7.94. The molecule has 1 unspecified atom stereocenters. The number of hydrogen-bond donors (Lipinski definition) is 1. The normalized spacial score (nSPS) is 12.1. The number of nitrogens with zero attached hydrogens (tertiary/aromatic N) is 1. The zero-order valence-electron chi connectivity index (χ0n) is 9.73. The molecule has 0 fully saturated rings. The third-order valence-electron chi connectivity index (χ3n) is 2.44. The highest BCUT2D eigenvalue weighted by molar-refractivity contribution is 7.98. The molecule has 3 heteroatoms. The lowest BCUT2D eigenvalue weighted by Gasteiger charge is -2.09. The maximum atomic E-state index is 8.91. The standard InChI is InChI=1S/C13H17NOS/c1-10(7-15)8-16-9-13-4-3-12(6-14)5-11(13)2/h3-5,10,15H,7-9H2,1-2H3. The summed E-state index contributed by atoms with van der Waals surface area (Å²) in [7, 11) is 0. The fourth-order valence-electron chi connectivity index (χ4n) is 1.35.